The molecular weight excluding hydrogens is 400 g/mol. The Morgan fingerprint density at radius 1 is 1.30 bits per heavy atom. The topological polar surface area (TPSA) is 60.3 Å². The van der Waals surface area contributed by atoms with Gasteiger partial charge in [0.15, 0.2) is 5.65 Å². The van der Waals surface area contributed by atoms with Gasteiger partial charge in [0.1, 0.15) is 5.60 Å². The van der Waals surface area contributed by atoms with E-state index in [1.807, 2.05) is 52.0 Å². The maximum Gasteiger partial charge on any atom is 0.410 e. The zero-order valence-electron chi connectivity index (χ0n) is 17.6. The van der Waals surface area contributed by atoms with E-state index in [-0.39, 0.29) is 12.0 Å². The standard InChI is InChI=1S/C23H25ClN4O2/c1-6-15-9-10-25-21-19(15)20(16-12-27(13-16)22(29)30-23(3,4)5)26-28(21)18-8-7-14(2)11-17(18)24/h6-11,16H,1,12-13H2,2-5H3. The predicted octanol–water partition coefficient (Wildman–Crippen LogP) is 5.36. The van der Waals surface area contributed by atoms with Crippen LogP contribution in [0.1, 0.15) is 43.5 Å². The summed E-state index contributed by atoms with van der Waals surface area (Å²) >= 11 is 6.52. The fourth-order valence-electron chi connectivity index (χ4n) is 3.63. The summed E-state index contributed by atoms with van der Waals surface area (Å²) in [5, 5.41) is 6.45. The Kier molecular flexibility index (Phi) is 5.06. The lowest BCUT2D eigenvalue weighted by Crippen LogP contribution is -2.50. The lowest BCUT2D eigenvalue weighted by Gasteiger charge is -2.39. The first kappa shape index (κ1) is 20.4. The van der Waals surface area contributed by atoms with Crippen molar-refractivity contribution in [2.24, 2.45) is 0 Å². The first-order valence-corrected chi connectivity index (χ1v) is 10.3. The second kappa shape index (κ2) is 7.43. The van der Waals surface area contributed by atoms with Crippen molar-refractivity contribution in [3.05, 3.63) is 58.9 Å². The third kappa shape index (κ3) is 3.67. The number of benzene rings is 1. The molecule has 0 saturated carbocycles. The molecule has 156 valence electrons. The summed E-state index contributed by atoms with van der Waals surface area (Å²) in [5.74, 6) is 0.0911. The lowest BCUT2D eigenvalue weighted by molar-refractivity contribution is 0.00795. The highest BCUT2D eigenvalue weighted by Crippen LogP contribution is 2.36. The Morgan fingerprint density at radius 2 is 2.03 bits per heavy atom. The van der Waals surface area contributed by atoms with Crippen molar-refractivity contribution in [3.8, 4) is 5.69 Å². The largest absolute Gasteiger partial charge is 0.444 e. The Balaban J connectivity index is 1.73. The molecule has 2 aromatic heterocycles. The highest BCUT2D eigenvalue weighted by atomic mass is 35.5. The summed E-state index contributed by atoms with van der Waals surface area (Å²) in [4.78, 5) is 18.6. The van der Waals surface area contributed by atoms with Gasteiger partial charge in [-0.1, -0.05) is 30.3 Å². The molecule has 0 radical (unpaired) electrons. The molecule has 3 heterocycles. The number of aryl methyl sites for hydroxylation is 1. The van der Waals surface area contributed by atoms with Gasteiger partial charge in [-0.3, -0.25) is 0 Å². The molecule has 0 atom stereocenters. The van der Waals surface area contributed by atoms with Crippen LogP contribution in [-0.2, 0) is 4.74 Å². The third-order valence-corrected chi connectivity index (χ3v) is 5.40. The minimum absolute atomic E-state index is 0.0911. The summed E-state index contributed by atoms with van der Waals surface area (Å²) in [6, 6.07) is 7.78. The molecule has 0 aliphatic carbocycles. The molecule has 1 aromatic carbocycles. The molecule has 0 spiro atoms. The van der Waals surface area contributed by atoms with Gasteiger partial charge in [0.25, 0.3) is 0 Å². The molecule has 1 aliphatic rings. The van der Waals surface area contributed by atoms with Crippen LogP contribution < -0.4 is 0 Å². The van der Waals surface area contributed by atoms with Crippen LogP contribution in [0.3, 0.4) is 0 Å². The average Bonchev–Trinajstić information content (AvgIpc) is 2.98. The van der Waals surface area contributed by atoms with Gasteiger partial charge in [0, 0.05) is 25.2 Å². The molecule has 30 heavy (non-hydrogen) atoms. The van der Waals surface area contributed by atoms with Gasteiger partial charge < -0.3 is 9.64 Å². The van der Waals surface area contributed by atoms with E-state index in [2.05, 4.69) is 11.6 Å². The maximum atomic E-state index is 12.3. The Morgan fingerprint density at radius 3 is 2.67 bits per heavy atom. The summed E-state index contributed by atoms with van der Waals surface area (Å²) in [7, 11) is 0. The number of amides is 1. The van der Waals surface area contributed by atoms with Crippen molar-refractivity contribution >= 4 is 34.8 Å². The summed E-state index contributed by atoms with van der Waals surface area (Å²) in [6.07, 6.45) is 3.25. The van der Waals surface area contributed by atoms with Crippen LogP contribution in [0, 0.1) is 6.92 Å². The zero-order valence-corrected chi connectivity index (χ0v) is 18.4. The van der Waals surface area contributed by atoms with Gasteiger partial charge in [-0.05, 0) is 57.0 Å². The number of halogens is 1. The Hall–Kier alpha value is -2.86. The SMILES string of the molecule is C=Cc1ccnc2c1c(C1CN(C(=O)OC(C)(C)C)C1)nn2-c1ccc(C)cc1Cl. The van der Waals surface area contributed by atoms with Gasteiger partial charge in [-0.15, -0.1) is 0 Å². The molecule has 3 aromatic rings. The number of carbonyl (C=O) groups is 1. The van der Waals surface area contributed by atoms with Crippen molar-refractivity contribution in [3.63, 3.8) is 0 Å². The second-order valence-electron chi connectivity index (χ2n) is 8.64. The number of rotatable bonds is 3. The molecule has 6 nitrogen and oxygen atoms in total. The Labute approximate surface area is 181 Å². The van der Waals surface area contributed by atoms with E-state index in [9.17, 15) is 4.79 Å². The number of hydrogen-bond donors (Lipinski definition) is 0. The van der Waals surface area contributed by atoms with Crippen molar-refractivity contribution < 1.29 is 9.53 Å². The van der Waals surface area contributed by atoms with E-state index in [4.69, 9.17) is 21.4 Å². The molecular formula is C23H25ClN4O2. The number of aromatic nitrogens is 3. The van der Waals surface area contributed by atoms with Gasteiger partial charge in [0.2, 0.25) is 0 Å². The van der Waals surface area contributed by atoms with E-state index >= 15 is 0 Å². The van der Waals surface area contributed by atoms with Gasteiger partial charge >= 0.3 is 6.09 Å². The van der Waals surface area contributed by atoms with Crippen LogP contribution in [-0.4, -0.2) is 44.4 Å². The quantitative estimate of drug-likeness (QED) is 0.567. The molecule has 1 saturated heterocycles. The number of carbonyl (C=O) groups excluding carboxylic acids is 1. The van der Waals surface area contributed by atoms with Crippen LogP contribution in [0.15, 0.2) is 37.0 Å². The third-order valence-electron chi connectivity index (χ3n) is 5.10. The summed E-state index contributed by atoms with van der Waals surface area (Å²) in [6.45, 7) is 12.6. The summed E-state index contributed by atoms with van der Waals surface area (Å²) < 4.78 is 7.26. The smallest absolute Gasteiger partial charge is 0.410 e. The fraction of sp³-hybridized carbons (Fsp3) is 0.348. The number of likely N-dealkylation sites (tertiary alicyclic amines) is 1. The number of fused-ring (bicyclic) bond motifs is 1. The van der Waals surface area contributed by atoms with Crippen molar-refractivity contribution in [2.75, 3.05) is 13.1 Å². The van der Waals surface area contributed by atoms with Crippen LogP contribution >= 0.6 is 11.6 Å². The monoisotopic (exact) mass is 424 g/mol. The molecule has 0 N–H and O–H groups in total. The Bertz CT molecular complexity index is 1140. The van der Waals surface area contributed by atoms with Gasteiger partial charge in [-0.25, -0.2) is 14.5 Å². The molecule has 0 unspecified atom stereocenters. The van der Waals surface area contributed by atoms with Crippen molar-refractivity contribution in [2.45, 2.75) is 39.2 Å². The van der Waals surface area contributed by atoms with Crippen LogP contribution in [0.25, 0.3) is 22.8 Å². The molecule has 7 heteroatoms. The van der Waals surface area contributed by atoms with Gasteiger partial charge in [0.05, 0.1) is 21.8 Å². The van der Waals surface area contributed by atoms with E-state index in [0.717, 1.165) is 33.5 Å². The molecule has 1 aliphatic heterocycles. The second-order valence-corrected chi connectivity index (χ2v) is 9.04. The molecule has 1 amide bonds. The fourth-order valence-corrected chi connectivity index (χ4v) is 3.94. The maximum absolute atomic E-state index is 12.3. The predicted molar refractivity (Wildman–Crippen MR) is 119 cm³/mol. The van der Waals surface area contributed by atoms with E-state index in [1.165, 1.54) is 0 Å². The molecule has 4 rings (SSSR count). The van der Waals surface area contributed by atoms with Crippen LogP contribution in [0.2, 0.25) is 5.02 Å². The van der Waals surface area contributed by atoms with E-state index < -0.39 is 5.60 Å². The van der Waals surface area contributed by atoms with Crippen LogP contribution in [0.5, 0.6) is 0 Å². The highest BCUT2D eigenvalue weighted by Gasteiger charge is 2.37. The van der Waals surface area contributed by atoms with Crippen LogP contribution in [0.4, 0.5) is 4.79 Å². The average molecular weight is 425 g/mol. The minimum Gasteiger partial charge on any atom is -0.444 e. The summed E-state index contributed by atoms with van der Waals surface area (Å²) in [5.41, 5.74) is 3.91. The normalized spacial score (nSPS) is 14.6. The highest BCUT2D eigenvalue weighted by molar-refractivity contribution is 6.32. The lowest BCUT2D eigenvalue weighted by atomic mass is 9.93. The first-order valence-electron chi connectivity index (χ1n) is 9.92. The van der Waals surface area contributed by atoms with Crippen molar-refractivity contribution in [1.82, 2.24) is 19.7 Å². The van der Waals surface area contributed by atoms with E-state index in [1.54, 1.807) is 21.9 Å². The number of pyridine rings is 1. The molecule has 1 fully saturated rings. The van der Waals surface area contributed by atoms with Crippen molar-refractivity contribution in [1.29, 1.82) is 0 Å². The number of hydrogen-bond acceptors (Lipinski definition) is 4. The minimum atomic E-state index is -0.515. The van der Waals surface area contributed by atoms with Gasteiger partial charge in [-0.2, -0.15) is 5.10 Å². The number of ether oxygens (including phenoxy) is 1. The molecule has 0 bridgehead atoms. The van der Waals surface area contributed by atoms with E-state index in [0.29, 0.717) is 18.1 Å². The first-order chi connectivity index (χ1) is 14.2. The number of nitrogens with zero attached hydrogens (tertiary/aromatic N) is 4. The zero-order chi connectivity index (χ0) is 21.6.